The molecule has 1 amide bonds. The molecule has 168 valence electrons. The van der Waals surface area contributed by atoms with Gasteiger partial charge in [0.05, 0.1) is 17.0 Å². The van der Waals surface area contributed by atoms with Gasteiger partial charge in [0.1, 0.15) is 0 Å². The predicted octanol–water partition coefficient (Wildman–Crippen LogP) is 3.80. The van der Waals surface area contributed by atoms with Gasteiger partial charge in [0.25, 0.3) is 0 Å². The van der Waals surface area contributed by atoms with Crippen LogP contribution >= 0.6 is 15.9 Å². The monoisotopic (exact) mass is 519 g/mol. The molecule has 0 aliphatic carbocycles. The Morgan fingerprint density at radius 3 is 2.42 bits per heavy atom. The van der Waals surface area contributed by atoms with Gasteiger partial charge in [-0.25, -0.2) is 8.42 Å². The molecule has 2 aromatic rings. The van der Waals surface area contributed by atoms with E-state index in [9.17, 15) is 26.4 Å². The Balaban J connectivity index is 1.59. The lowest BCUT2D eigenvalue weighted by Gasteiger charge is -2.21. The number of nitrogens with one attached hydrogen (secondary N) is 1. The van der Waals surface area contributed by atoms with Gasteiger partial charge in [-0.05, 0) is 55.4 Å². The molecule has 0 bridgehead atoms. The fourth-order valence-corrected chi connectivity index (χ4v) is 5.01. The van der Waals surface area contributed by atoms with Crippen molar-refractivity contribution in [3.05, 3.63) is 58.6 Å². The molecule has 2 aromatic carbocycles. The lowest BCUT2D eigenvalue weighted by atomic mass is 10.2. The maximum absolute atomic E-state index is 12.9. The average molecular weight is 520 g/mol. The normalized spacial score (nSPS) is 16.6. The van der Waals surface area contributed by atoms with Gasteiger partial charge in [0.2, 0.25) is 15.9 Å². The molecule has 1 N–H and O–H groups in total. The zero-order valence-corrected chi connectivity index (χ0v) is 18.8. The third kappa shape index (κ3) is 6.28. The van der Waals surface area contributed by atoms with Gasteiger partial charge in [-0.3, -0.25) is 9.69 Å². The predicted molar refractivity (Wildman–Crippen MR) is 114 cm³/mol. The third-order valence-corrected chi connectivity index (χ3v) is 7.28. The van der Waals surface area contributed by atoms with Crippen LogP contribution in [-0.2, 0) is 21.0 Å². The van der Waals surface area contributed by atoms with E-state index in [1.165, 1.54) is 28.6 Å². The van der Waals surface area contributed by atoms with Gasteiger partial charge in [-0.1, -0.05) is 22.0 Å². The van der Waals surface area contributed by atoms with Crippen molar-refractivity contribution in [2.75, 3.05) is 38.0 Å². The van der Waals surface area contributed by atoms with Crippen LogP contribution in [0.2, 0.25) is 0 Å². The van der Waals surface area contributed by atoms with Crippen LogP contribution in [0, 0.1) is 0 Å². The lowest BCUT2D eigenvalue weighted by Crippen LogP contribution is -2.38. The summed E-state index contributed by atoms with van der Waals surface area (Å²) in [5.74, 6) is -0.455. The van der Waals surface area contributed by atoms with Gasteiger partial charge in [-0.15, -0.1) is 0 Å². The first-order chi connectivity index (χ1) is 14.6. The van der Waals surface area contributed by atoms with E-state index in [0.717, 1.165) is 16.6 Å². The Bertz CT molecular complexity index is 1030. The Labute approximate surface area is 187 Å². The topological polar surface area (TPSA) is 69.7 Å². The molecule has 3 rings (SSSR count). The summed E-state index contributed by atoms with van der Waals surface area (Å²) < 4.78 is 66.3. The van der Waals surface area contributed by atoms with Crippen LogP contribution in [0.3, 0.4) is 0 Å². The van der Waals surface area contributed by atoms with Gasteiger partial charge < -0.3 is 5.32 Å². The number of carbonyl (C=O) groups is 1. The van der Waals surface area contributed by atoms with E-state index in [4.69, 9.17) is 0 Å². The molecule has 1 fully saturated rings. The Kier molecular flexibility index (Phi) is 7.40. The SMILES string of the molecule is O=C(CN1CCCN(S(=O)(=O)c2ccc(Br)cc2)CC1)Nc1cccc(C(F)(F)F)c1. The third-order valence-electron chi connectivity index (χ3n) is 4.84. The summed E-state index contributed by atoms with van der Waals surface area (Å²) in [6.07, 6.45) is -3.96. The molecule has 0 unspecified atom stereocenters. The summed E-state index contributed by atoms with van der Waals surface area (Å²) in [7, 11) is -3.64. The summed E-state index contributed by atoms with van der Waals surface area (Å²) in [6.45, 7) is 1.34. The number of hydrogen-bond donors (Lipinski definition) is 1. The van der Waals surface area contributed by atoms with E-state index >= 15 is 0 Å². The van der Waals surface area contributed by atoms with E-state index < -0.39 is 27.7 Å². The van der Waals surface area contributed by atoms with Crippen LogP contribution in [0.15, 0.2) is 57.9 Å². The minimum Gasteiger partial charge on any atom is -0.325 e. The summed E-state index contributed by atoms with van der Waals surface area (Å²) >= 11 is 3.28. The first-order valence-corrected chi connectivity index (χ1v) is 11.7. The van der Waals surface area contributed by atoms with E-state index in [2.05, 4.69) is 21.2 Å². The first-order valence-electron chi connectivity index (χ1n) is 9.51. The molecule has 0 spiro atoms. The Hall–Kier alpha value is -1.95. The lowest BCUT2D eigenvalue weighted by molar-refractivity contribution is -0.137. The van der Waals surface area contributed by atoms with Gasteiger partial charge in [0, 0.05) is 29.8 Å². The fraction of sp³-hybridized carbons (Fsp3) is 0.350. The van der Waals surface area contributed by atoms with Crippen molar-refractivity contribution >= 4 is 37.5 Å². The highest BCUT2D eigenvalue weighted by molar-refractivity contribution is 9.10. The molecule has 0 aromatic heterocycles. The number of carbonyl (C=O) groups excluding carboxylic acids is 1. The molecule has 1 aliphatic rings. The second kappa shape index (κ2) is 9.68. The molecular formula is C20H21BrF3N3O3S. The van der Waals surface area contributed by atoms with Gasteiger partial charge >= 0.3 is 6.18 Å². The van der Waals surface area contributed by atoms with Gasteiger partial charge in [-0.2, -0.15) is 17.5 Å². The molecule has 0 radical (unpaired) electrons. The van der Waals surface area contributed by atoms with Crippen LogP contribution in [0.1, 0.15) is 12.0 Å². The zero-order chi connectivity index (χ0) is 22.6. The standard InChI is InChI=1S/C20H21BrF3N3O3S/c21-16-5-7-18(8-6-16)31(29,30)27-10-2-9-26(11-12-27)14-19(28)25-17-4-1-3-15(13-17)20(22,23)24/h1,3-8,13H,2,9-12,14H2,(H,25,28). The largest absolute Gasteiger partial charge is 0.416 e. The fourth-order valence-electron chi connectivity index (χ4n) is 3.28. The summed E-state index contributed by atoms with van der Waals surface area (Å²) in [5, 5.41) is 2.48. The first kappa shape index (κ1) is 23.7. The second-order valence-electron chi connectivity index (χ2n) is 7.11. The molecule has 0 saturated carbocycles. The second-order valence-corrected chi connectivity index (χ2v) is 9.97. The number of sulfonamides is 1. The number of amides is 1. The number of anilines is 1. The van der Waals surface area contributed by atoms with E-state index in [0.29, 0.717) is 26.1 Å². The maximum Gasteiger partial charge on any atom is 0.416 e. The van der Waals surface area contributed by atoms with Crippen LogP contribution < -0.4 is 5.32 Å². The minimum atomic E-state index is -4.49. The maximum atomic E-state index is 12.9. The highest BCUT2D eigenvalue weighted by Crippen LogP contribution is 2.30. The molecule has 1 saturated heterocycles. The number of benzene rings is 2. The van der Waals surface area contributed by atoms with Crippen molar-refractivity contribution in [1.82, 2.24) is 9.21 Å². The quantitative estimate of drug-likeness (QED) is 0.652. The van der Waals surface area contributed by atoms with E-state index in [1.54, 1.807) is 17.0 Å². The summed E-state index contributed by atoms with van der Waals surface area (Å²) in [4.78, 5) is 14.3. The van der Waals surface area contributed by atoms with Crippen LogP contribution in [0.4, 0.5) is 18.9 Å². The number of nitrogens with zero attached hydrogens (tertiary/aromatic N) is 2. The highest BCUT2D eigenvalue weighted by Gasteiger charge is 2.31. The van der Waals surface area contributed by atoms with Crippen molar-refractivity contribution in [1.29, 1.82) is 0 Å². The number of hydrogen-bond acceptors (Lipinski definition) is 4. The van der Waals surface area contributed by atoms with E-state index in [1.807, 2.05) is 0 Å². The van der Waals surface area contributed by atoms with Crippen molar-refractivity contribution in [2.24, 2.45) is 0 Å². The summed E-state index contributed by atoms with van der Waals surface area (Å²) in [6, 6.07) is 10.8. The molecule has 6 nitrogen and oxygen atoms in total. The van der Waals surface area contributed by atoms with Crippen molar-refractivity contribution < 1.29 is 26.4 Å². The number of alkyl halides is 3. The molecular weight excluding hydrogens is 499 g/mol. The minimum absolute atomic E-state index is 0.0393. The van der Waals surface area contributed by atoms with Crippen molar-refractivity contribution in [3.8, 4) is 0 Å². The van der Waals surface area contributed by atoms with Gasteiger partial charge in [0.15, 0.2) is 0 Å². The Morgan fingerprint density at radius 1 is 1.03 bits per heavy atom. The molecule has 0 atom stereocenters. The van der Waals surface area contributed by atoms with Crippen molar-refractivity contribution in [3.63, 3.8) is 0 Å². The van der Waals surface area contributed by atoms with Crippen molar-refractivity contribution in [2.45, 2.75) is 17.5 Å². The zero-order valence-electron chi connectivity index (χ0n) is 16.4. The number of rotatable bonds is 5. The number of halogens is 4. The average Bonchev–Trinajstić information content (AvgIpc) is 2.94. The molecule has 11 heteroatoms. The van der Waals surface area contributed by atoms with Crippen LogP contribution in [0.5, 0.6) is 0 Å². The molecule has 31 heavy (non-hydrogen) atoms. The summed E-state index contributed by atoms with van der Waals surface area (Å²) in [5.41, 5.74) is -0.775. The van der Waals surface area contributed by atoms with Crippen LogP contribution in [-0.4, -0.2) is 56.3 Å². The van der Waals surface area contributed by atoms with E-state index in [-0.39, 0.29) is 23.7 Å². The highest BCUT2D eigenvalue weighted by atomic mass is 79.9. The Morgan fingerprint density at radius 2 is 1.74 bits per heavy atom. The molecule has 1 heterocycles. The molecule has 1 aliphatic heterocycles. The smallest absolute Gasteiger partial charge is 0.325 e. The van der Waals surface area contributed by atoms with Crippen LogP contribution in [0.25, 0.3) is 0 Å².